The summed E-state index contributed by atoms with van der Waals surface area (Å²) in [5.41, 5.74) is 1.02. The molecular formula is C16H17N3O4S2. The SMILES string of the molecule is COc1ccc(C(=O)c2cc3cc(C)n(S(=O)(=O)N(C)C)c3s2)cn1. The molecule has 0 amide bonds. The van der Waals surface area contributed by atoms with E-state index >= 15 is 0 Å². The van der Waals surface area contributed by atoms with Crippen LogP contribution in [0, 0.1) is 6.92 Å². The number of hydrogen-bond acceptors (Lipinski definition) is 6. The van der Waals surface area contributed by atoms with Gasteiger partial charge in [0, 0.05) is 43.0 Å². The number of ether oxygens (including phenoxy) is 1. The molecule has 0 unspecified atom stereocenters. The molecule has 9 heteroatoms. The Labute approximate surface area is 149 Å². The molecule has 3 heterocycles. The fourth-order valence-electron chi connectivity index (χ4n) is 2.44. The highest BCUT2D eigenvalue weighted by atomic mass is 32.2. The van der Waals surface area contributed by atoms with E-state index in [-0.39, 0.29) is 5.78 Å². The number of carbonyl (C=O) groups excluding carboxylic acids is 1. The van der Waals surface area contributed by atoms with Gasteiger partial charge in [-0.25, -0.2) is 8.96 Å². The van der Waals surface area contributed by atoms with Gasteiger partial charge in [-0.2, -0.15) is 12.7 Å². The standard InChI is InChI=1S/C16H17N3O4S2/c1-10-7-12-8-13(15(20)11-5-6-14(23-4)17-9-11)24-16(12)19(10)25(21,22)18(2)3/h5-9H,1-4H3. The van der Waals surface area contributed by atoms with Crippen LogP contribution in [0.1, 0.15) is 20.9 Å². The highest BCUT2D eigenvalue weighted by Crippen LogP contribution is 2.32. The van der Waals surface area contributed by atoms with Gasteiger partial charge in [0.15, 0.2) is 0 Å². The number of rotatable bonds is 5. The lowest BCUT2D eigenvalue weighted by Crippen LogP contribution is -2.29. The van der Waals surface area contributed by atoms with Crippen molar-refractivity contribution >= 4 is 37.5 Å². The van der Waals surface area contributed by atoms with E-state index < -0.39 is 10.2 Å². The lowest BCUT2D eigenvalue weighted by Gasteiger charge is -2.14. The molecule has 0 saturated carbocycles. The monoisotopic (exact) mass is 379 g/mol. The number of methoxy groups -OCH3 is 1. The van der Waals surface area contributed by atoms with Gasteiger partial charge in [0.25, 0.3) is 0 Å². The molecule has 0 spiro atoms. The molecule has 0 atom stereocenters. The average molecular weight is 379 g/mol. The molecule has 0 fully saturated rings. The third kappa shape index (κ3) is 2.94. The van der Waals surface area contributed by atoms with E-state index in [0.717, 1.165) is 21.0 Å². The van der Waals surface area contributed by atoms with Crippen molar-refractivity contribution in [3.63, 3.8) is 0 Å². The smallest absolute Gasteiger partial charge is 0.308 e. The van der Waals surface area contributed by atoms with Crippen molar-refractivity contribution in [1.82, 2.24) is 13.3 Å². The quantitative estimate of drug-likeness (QED) is 0.636. The van der Waals surface area contributed by atoms with Crippen molar-refractivity contribution < 1.29 is 17.9 Å². The van der Waals surface area contributed by atoms with Gasteiger partial charge in [0.2, 0.25) is 11.7 Å². The number of hydrogen-bond donors (Lipinski definition) is 0. The van der Waals surface area contributed by atoms with Crippen LogP contribution in [0.25, 0.3) is 10.2 Å². The molecule has 0 aromatic carbocycles. The first kappa shape index (κ1) is 17.6. The van der Waals surface area contributed by atoms with E-state index in [2.05, 4.69) is 4.98 Å². The molecule has 0 aliphatic carbocycles. The number of pyridine rings is 1. The minimum Gasteiger partial charge on any atom is -0.481 e. The van der Waals surface area contributed by atoms with Crippen LogP contribution in [-0.2, 0) is 10.2 Å². The molecule has 7 nitrogen and oxygen atoms in total. The normalized spacial score (nSPS) is 12.0. The van der Waals surface area contributed by atoms with Crippen molar-refractivity contribution in [3.05, 3.63) is 46.6 Å². The van der Waals surface area contributed by atoms with Crippen LogP contribution in [0.2, 0.25) is 0 Å². The topological polar surface area (TPSA) is 81.5 Å². The van der Waals surface area contributed by atoms with Crippen molar-refractivity contribution in [2.45, 2.75) is 6.92 Å². The van der Waals surface area contributed by atoms with E-state index in [1.165, 1.54) is 31.4 Å². The molecule has 3 rings (SSSR count). The van der Waals surface area contributed by atoms with Crippen molar-refractivity contribution in [1.29, 1.82) is 0 Å². The minimum absolute atomic E-state index is 0.206. The second-order valence-corrected chi connectivity index (χ2v) is 8.65. The summed E-state index contributed by atoms with van der Waals surface area (Å²) in [5.74, 6) is 0.217. The van der Waals surface area contributed by atoms with Gasteiger partial charge in [-0.05, 0) is 25.1 Å². The summed E-state index contributed by atoms with van der Waals surface area (Å²) in [5, 5.41) is 0.720. The number of nitrogens with zero attached hydrogens (tertiary/aromatic N) is 3. The largest absolute Gasteiger partial charge is 0.481 e. The highest BCUT2D eigenvalue weighted by Gasteiger charge is 2.24. The number of ketones is 1. The fourth-order valence-corrected chi connectivity index (χ4v) is 4.96. The van der Waals surface area contributed by atoms with Crippen LogP contribution >= 0.6 is 11.3 Å². The maximum atomic E-state index is 12.7. The Morgan fingerprint density at radius 3 is 2.56 bits per heavy atom. The summed E-state index contributed by atoms with van der Waals surface area (Å²) in [6.07, 6.45) is 1.45. The summed E-state index contributed by atoms with van der Waals surface area (Å²) in [4.78, 5) is 17.7. The van der Waals surface area contributed by atoms with Crippen LogP contribution in [0.3, 0.4) is 0 Å². The Morgan fingerprint density at radius 2 is 2.00 bits per heavy atom. The van der Waals surface area contributed by atoms with Crippen LogP contribution in [-0.4, -0.2) is 48.7 Å². The van der Waals surface area contributed by atoms with Crippen molar-refractivity contribution in [3.8, 4) is 5.88 Å². The van der Waals surface area contributed by atoms with Crippen LogP contribution in [0.5, 0.6) is 5.88 Å². The van der Waals surface area contributed by atoms with Crippen LogP contribution in [0.4, 0.5) is 0 Å². The first-order valence-corrected chi connectivity index (χ1v) is 9.56. The molecule has 3 aromatic rings. The first-order chi connectivity index (χ1) is 11.8. The molecule has 0 radical (unpaired) electrons. The minimum atomic E-state index is -3.66. The maximum Gasteiger partial charge on any atom is 0.308 e. The van der Waals surface area contributed by atoms with Gasteiger partial charge in [-0.3, -0.25) is 4.79 Å². The lowest BCUT2D eigenvalue weighted by atomic mass is 10.1. The van der Waals surface area contributed by atoms with E-state index in [9.17, 15) is 13.2 Å². The summed E-state index contributed by atoms with van der Waals surface area (Å²) < 4.78 is 32.5. The summed E-state index contributed by atoms with van der Waals surface area (Å²) in [6.45, 7) is 1.72. The van der Waals surface area contributed by atoms with Gasteiger partial charge in [0.1, 0.15) is 4.83 Å². The summed E-state index contributed by atoms with van der Waals surface area (Å²) in [6, 6.07) is 6.72. The van der Waals surface area contributed by atoms with E-state index in [4.69, 9.17) is 4.74 Å². The number of carbonyl (C=O) groups is 1. The predicted octanol–water partition coefficient (Wildman–Crippen LogP) is 2.30. The molecular weight excluding hydrogens is 362 g/mol. The van der Waals surface area contributed by atoms with Crippen LogP contribution < -0.4 is 4.74 Å². The molecule has 0 aliphatic rings. The maximum absolute atomic E-state index is 12.7. The molecule has 25 heavy (non-hydrogen) atoms. The zero-order chi connectivity index (χ0) is 18.4. The molecule has 0 saturated heterocycles. The highest BCUT2D eigenvalue weighted by molar-refractivity contribution is 7.87. The molecule has 132 valence electrons. The molecule has 0 N–H and O–H groups in total. The third-order valence-electron chi connectivity index (χ3n) is 3.73. The zero-order valence-corrected chi connectivity index (χ0v) is 15.8. The van der Waals surface area contributed by atoms with Gasteiger partial charge in [-0.15, -0.1) is 11.3 Å². The van der Waals surface area contributed by atoms with Gasteiger partial charge < -0.3 is 4.74 Å². The molecule has 3 aromatic heterocycles. The Balaban J connectivity index is 2.07. The number of aromatic nitrogens is 2. The van der Waals surface area contributed by atoms with E-state index in [0.29, 0.717) is 26.8 Å². The second kappa shape index (κ2) is 6.25. The van der Waals surface area contributed by atoms with Gasteiger partial charge in [0.05, 0.1) is 12.0 Å². The van der Waals surface area contributed by atoms with Gasteiger partial charge in [-0.1, -0.05) is 0 Å². The molecule has 0 bridgehead atoms. The molecule has 0 aliphatic heterocycles. The van der Waals surface area contributed by atoms with E-state index in [1.807, 2.05) is 0 Å². The third-order valence-corrected chi connectivity index (χ3v) is 6.84. The second-order valence-electron chi connectivity index (χ2n) is 5.63. The number of aryl methyl sites for hydroxylation is 1. The number of thiophene rings is 1. The van der Waals surface area contributed by atoms with Crippen molar-refractivity contribution in [2.75, 3.05) is 21.2 Å². The fraction of sp³-hybridized carbons (Fsp3) is 0.250. The lowest BCUT2D eigenvalue weighted by molar-refractivity contribution is 0.104. The Hall–Kier alpha value is -2.23. The Kier molecular flexibility index (Phi) is 4.40. The Bertz CT molecular complexity index is 1050. The summed E-state index contributed by atoms with van der Waals surface area (Å²) in [7, 11) is 0.796. The average Bonchev–Trinajstić information content (AvgIpc) is 3.10. The van der Waals surface area contributed by atoms with Crippen LogP contribution in [0.15, 0.2) is 30.5 Å². The first-order valence-electron chi connectivity index (χ1n) is 7.35. The Morgan fingerprint density at radius 1 is 1.28 bits per heavy atom. The zero-order valence-electron chi connectivity index (χ0n) is 14.2. The predicted molar refractivity (Wildman–Crippen MR) is 96.8 cm³/mol. The number of fused-ring (bicyclic) bond motifs is 1. The van der Waals surface area contributed by atoms with Gasteiger partial charge >= 0.3 is 10.2 Å². The van der Waals surface area contributed by atoms with Crippen molar-refractivity contribution in [2.24, 2.45) is 0 Å². The van der Waals surface area contributed by atoms with E-state index in [1.54, 1.807) is 31.2 Å². The summed E-state index contributed by atoms with van der Waals surface area (Å²) >= 11 is 1.15.